The molecule has 0 amide bonds. The molecule has 0 radical (unpaired) electrons. The maximum Gasteiger partial charge on any atom is 0.150 e. The molecule has 1 saturated heterocycles. The fourth-order valence-electron chi connectivity index (χ4n) is 2.71. The Kier molecular flexibility index (Phi) is 7.96. The van der Waals surface area contributed by atoms with Gasteiger partial charge in [-0.25, -0.2) is 0 Å². The molecule has 1 aromatic rings. The lowest BCUT2D eigenvalue weighted by Crippen LogP contribution is -2.42. The molecule has 0 spiro atoms. The van der Waals surface area contributed by atoms with Crippen molar-refractivity contribution in [3.05, 3.63) is 22.4 Å². The zero-order valence-electron chi connectivity index (χ0n) is 13.0. The van der Waals surface area contributed by atoms with Crippen LogP contribution < -0.4 is 4.74 Å². The molecule has 1 fully saturated rings. The Morgan fingerprint density at radius 3 is 2.00 bits per heavy atom. The summed E-state index contributed by atoms with van der Waals surface area (Å²) < 4.78 is 16.4. The summed E-state index contributed by atoms with van der Waals surface area (Å²) in [7, 11) is 0. The molecule has 1 aliphatic heterocycles. The standard InChI is InChI=1S/C16H19Br5O2/c1-3-16(2,9-5-8-22-9)6-4-7-23-15-13(20)11(18)10(17)12(19)14(15)21/h9H,3-8H2,1-2H3. The third kappa shape index (κ3) is 4.57. The minimum Gasteiger partial charge on any atom is -0.491 e. The van der Waals surface area contributed by atoms with E-state index in [0.717, 1.165) is 54.0 Å². The van der Waals surface area contributed by atoms with Crippen molar-refractivity contribution >= 4 is 79.6 Å². The van der Waals surface area contributed by atoms with Gasteiger partial charge >= 0.3 is 0 Å². The molecule has 0 bridgehead atoms. The molecular formula is C16H19Br5O2. The van der Waals surface area contributed by atoms with Gasteiger partial charge in [-0.05, 0) is 111 Å². The lowest BCUT2D eigenvalue weighted by molar-refractivity contribution is -0.126. The minimum atomic E-state index is 0.261. The van der Waals surface area contributed by atoms with Crippen LogP contribution in [0.5, 0.6) is 5.75 Å². The molecule has 1 heterocycles. The van der Waals surface area contributed by atoms with E-state index in [-0.39, 0.29) is 5.41 Å². The Morgan fingerprint density at radius 1 is 1.04 bits per heavy atom. The minimum absolute atomic E-state index is 0.261. The molecule has 2 rings (SSSR count). The molecule has 0 aliphatic carbocycles. The van der Waals surface area contributed by atoms with E-state index in [1.54, 1.807) is 0 Å². The highest BCUT2D eigenvalue weighted by Gasteiger charge is 2.37. The average molecular weight is 643 g/mol. The molecule has 0 saturated carbocycles. The summed E-state index contributed by atoms with van der Waals surface area (Å²) in [4.78, 5) is 0. The summed E-state index contributed by atoms with van der Waals surface area (Å²) in [5.41, 5.74) is 0.261. The molecule has 0 aromatic heterocycles. The van der Waals surface area contributed by atoms with E-state index in [4.69, 9.17) is 9.47 Å². The average Bonchev–Trinajstić information content (AvgIpc) is 2.48. The van der Waals surface area contributed by atoms with E-state index in [9.17, 15) is 0 Å². The maximum absolute atomic E-state index is 6.04. The highest BCUT2D eigenvalue weighted by Crippen LogP contribution is 2.48. The SMILES string of the molecule is CCC(C)(CCCOc1c(Br)c(Br)c(Br)c(Br)c1Br)C1CCO1. The van der Waals surface area contributed by atoms with Crippen LogP contribution >= 0.6 is 79.6 Å². The summed E-state index contributed by atoms with van der Waals surface area (Å²) >= 11 is 17.8. The first-order valence-electron chi connectivity index (χ1n) is 7.57. The van der Waals surface area contributed by atoms with Crippen molar-refractivity contribution in [1.82, 2.24) is 0 Å². The Morgan fingerprint density at radius 2 is 1.57 bits per heavy atom. The molecular weight excluding hydrogens is 624 g/mol. The Bertz CT molecular complexity index is 545. The molecule has 1 aromatic carbocycles. The maximum atomic E-state index is 6.04. The van der Waals surface area contributed by atoms with E-state index in [1.165, 1.54) is 6.42 Å². The molecule has 2 nitrogen and oxygen atoms in total. The van der Waals surface area contributed by atoms with E-state index in [1.807, 2.05) is 0 Å². The smallest absolute Gasteiger partial charge is 0.150 e. The topological polar surface area (TPSA) is 18.5 Å². The Labute approximate surface area is 180 Å². The van der Waals surface area contributed by atoms with Crippen molar-refractivity contribution < 1.29 is 9.47 Å². The van der Waals surface area contributed by atoms with Gasteiger partial charge in [0, 0.05) is 11.1 Å². The van der Waals surface area contributed by atoms with E-state index in [0.29, 0.717) is 12.7 Å². The number of hydrogen-bond acceptors (Lipinski definition) is 2. The third-order valence-electron chi connectivity index (χ3n) is 4.59. The van der Waals surface area contributed by atoms with Gasteiger partial charge in [-0.2, -0.15) is 0 Å². The second-order valence-electron chi connectivity index (χ2n) is 6.01. The van der Waals surface area contributed by atoms with Crippen molar-refractivity contribution in [2.75, 3.05) is 13.2 Å². The first kappa shape index (κ1) is 20.7. The van der Waals surface area contributed by atoms with Gasteiger partial charge in [0.2, 0.25) is 0 Å². The van der Waals surface area contributed by atoms with Crippen molar-refractivity contribution in [3.8, 4) is 5.75 Å². The molecule has 1 aliphatic rings. The number of ether oxygens (including phenoxy) is 2. The summed E-state index contributed by atoms with van der Waals surface area (Å²) in [6.45, 7) is 6.17. The third-order valence-corrected chi connectivity index (χ3v) is 10.6. The van der Waals surface area contributed by atoms with Crippen LogP contribution in [0, 0.1) is 5.41 Å². The van der Waals surface area contributed by atoms with Crippen molar-refractivity contribution in [3.63, 3.8) is 0 Å². The van der Waals surface area contributed by atoms with Gasteiger partial charge in [-0.1, -0.05) is 13.8 Å². The van der Waals surface area contributed by atoms with Crippen LogP contribution in [0.4, 0.5) is 0 Å². The van der Waals surface area contributed by atoms with Crippen LogP contribution in [-0.4, -0.2) is 19.3 Å². The Hall–Kier alpha value is 1.38. The van der Waals surface area contributed by atoms with Gasteiger partial charge in [-0.3, -0.25) is 0 Å². The lowest BCUT2D eigenvalue weighted by atomic mass is 9.75. The first-order valence-corrected chi connectivity index (χ1v) is 11.5. The van der Waals surface area contributed by atoms with Crippen molar-refractivity contribution in [1.29, 1.82) is 0 Å². The predicted octanol–water partition coefficient (Wildman–Crippen LogP) is 7.86. The van der Waals surface area contributed by atoms with E-state index < -0.39 is 0 Å². The van der Waals surface area contributed by atoms with Crippen LogP contribution in [0.3, 0.4) is 0 Å². The predicted molar refractivity (Wildman–Crippen MR) is 112 cm³/mol. The van der Waals surface area contributed by atoms with Gasteiger partial charge in [0.05, 0.1) is 30.6 Å². The van der Waals surface area contributed by atoms with Crippen LogP contribution in [0.25, 0.3) is 0 Å². The van der Waals surface area contributed by atoms with E-state index >= 15 is 0 Å². The lowest BCUT2D eigenvalue weighted by Gasteiger charge is -2.42. The molecule has 23 heavy (non-hydrogen) atoms. The zero-order valence-corrected chi connectivity index (χ0v) is 21.0. The second-order valence-corrected chi connectivity index (χ2v) is 9.97. The Balaban J connectivity index is 1.97. The van der Waals surface area contributed by atoms with Crippen LogP contribution in [0.1, 0.15) is 39.5 Å². The first-order chi connectivity index (χ1) is 10.8. The molecule has 0 N–H and O–H groups in total. The van der Waals surface area contributed by atoms with Gasteiger partial charge in [0.1, 0.15) is 5.75 Å². The van der Waals surface area contributed by atoms with E-state index in [2.05, 4.69) is 93.5 Å². The van der Waals surface area contributed by atoms with Crippen LogP contribution in [-0.2, 0) is 4.74 Å². The van der Waals surface area contributed by atoms with Crippen LogP contribution in [0.15, 0.2) is 22.4 Å². The summed E-state index contributed by atoms with van der Waals surface area (Å²) in [5, 5.41) is 0. The number of rotatable bonds is 7. The number of benzene rings is 1. The molecule has 2 atom stereocenters. The highest BCUT2D eigenvalue weighted by molar-refractivity contribution is 9.15. The van der Waals surface area contributed by atoms with Crippen molar-refractivity contribution in [2.24, 2.45) is 5.41 Å². The zero-order chi connectivity index (χ0) is 17.2. The molecule has 2 unspecified atom stereocenters. The fourth-order valence-corrected chi connectivity index (χ4v) is 5.95. The summed E-state index contributed by atoms with van der Waals surface area (Å²) in [6, 6.07) is 0. The molecule has 7 heteroatoms. The largest absolute Gasteiger partial charge is 0.491 e. The number of hydrogen-bond donors (Lipinski definition) is 0. The second kappa shape index (κ2) is 8.85. The normalized spacial score (nSPS) is 20.0. The van der Waals surface area contributed by atoms with Crippen molar-refractivity contribution in [2.45, 2.75) is 45.6 Å². The monoisotopic (exact) mass is 638 g/mol. The summed E-state index contributed by atoms with van der Waals surface area (Å²) in [5.74, 6) is 0.810. The van der Waals surface area contributed by atoms with Gasteiger partial charge < -0.3 is 9.47 Å². The van der Waals surface area contributed by atoms with Gasteiger partial charge in [0.15, 0.2) is 0 Å². The molecule has 130 valence electrons. The van der Waals surface area contributed by atoms with Gasteiger partial charge in [-0.15, -0.1) is 0 Å². The number of halogens is 5. The van der Waals surface area contributed by atoms with Crippen LogP contribution in [0.2, 0.25) is 0 Å². The highest BCUT2D eigenvalue weighted by atomic mass is 79.9. The van der Waals surface area contributed by atoms with Gasteiger partial charge in [0.25, 0.3) is 0 Å². The quantitative estimate of drug-likeness (QED) is 0.171. The fraction of sp³-hybridized carbons (Fsp3) is 0.625. The summed E-state index contributed by atoms with van der Waals surface area (Å²) in [6.07, 6.45) is 4.87.